The number of rotatable bonds is 3. The molecule has 2 amide bonds. The molecule has 0 radical (unpaired) electrons. The maximum absolute atomic E-state index is 11.8. The van der Waals surface area contributed by atoms with E-state index in [1.54, 1.807) is 4.90 Å². The van der Waals surface area contributed by atoms with Crippen molar-refractivity contribution in [2.45, 2.75) is 25.9 Å². The highest BCUT2D eigenvalue weighted by Crippen LogP contribution is 2.21. The molecule has 17 heavy (non-hydrogen) atoms. The molecule has 1 aliphatic heterocycles. The second-order valence-electron chi connectivity index (χ2n) is 4.65. The summed E-state index contributed by atoms with van der Waals surface area (Å²) < 4.78 is 0. The minimum absolute atomic E-state index is 0.0199. The van der Waals surface area contributed by atoms with E-state index in [1.807, 2.05) is 6.92 Å². The molecule has 2 unspecified atom stereocenters. The standard InChI is InChI=1S/C13H19N3O/c1-9-3-5-11(6-4-9)12-8-16(10(2)7-14)13(17)15-12/h3-6,10,12H,7-8,14H2,1-2H3,(H,15,17). The number of hydrogen-bond acceptors (Lipinski definition) is 2. The van der Waals surface area contributed by atoms with Crippen LogP contribution in [-0.2, 0) is 0 Å². The number of amides is 2. The van der Waals surface area contributed by atoms with Crippen LogP contribution in [-0.4, -0.2) is 30.1 Å². The molecular weight excluding hydrogens is 214 g/mol. The van der Waals surface area contributed by atoms with Crippen molar-refractivity contribution in [3.8, 4) is 0 Å². The lowest BCUT2D eigenvalue weighted by Gasteiger charge is -2.21. The summed E-state index contributed by atoms with van der Waals surface area (Å²) in [7, 11) is 0. The van der Waals surface area contributed by atoms with Gasteiger partial charge >= 0.3 is 6.03 Å². The van der Waals surface area contributed by atoms with Gasteiger partial charge in [-0.3, -0.25) is 0 Å². The quantitative estimate of drug-likeness (QED) is 0.829. The van der Waals surface area contributed by atoms with Crippen LogP contribution in [0.4, 0.5) is 4.79 Å². The maximum atomic E-state index is 11.8. The summed E-state index contributed by atoms with van der Waals surface area (Å²) >= 11 is 0. The fourth-order valence-corrected chi connectivity index (χ4v) is 2.05. The Morgan fingerprint density at radius 2 is 2.12 bits per heavy atom. The van der Waals surface area contributed by atoms with E-state index >= 15 is 0 Å². The highest BCUT2D eigenvalue weighted by atomic mass is 16.2. The van der Waals surface area contributed by atoms with Crippen LogP contribution >= 0.6 is 0 Å². The molecule has 4 nitrogen and oxygen atoms in total. The summed E-state index contributed by atoms with van der Waals surface area (Å²) in [5, 5.41) is 2.99. The SMILES string of the molecule is Cc1ccc(C2CN(C(C)CN)C(=O)N2)cc1. The summed E-state index contributed by atoms with van der Waals surface area (Å²) in [5.41, 5.74) is 7.97. The molecule has 0 spiro atoms. The van der Waals surface area contributed by atoms with Gasteiger partial charge in [-0.15, -0.1) is 0 Å². The molecule has 0 bridgehead atoms. The fourth-order valence-electron chi connectivity index (χ4n) is 2.05. The molecule has 1 saturated heterocycles. The topological polar surface area (TPSA) is 58.4 Å². The Kier molecular flexibility index (Phi) is 3.33. The number of carbonyl (C=O) groups is 1. The Hall–Kier alpha value is -1.55. The Bertz CT molecular complexity index is 402. The molecule has 0 aromatic heterocycles. The lowest BCUT2D eigenvalue weighted by molar-refractivity contribution is 0.203. The molecule has 2 atom stereocenters. The number of nitrogens with zero attached hydrogens (tertiary/aromatic N) is 1. The number of benzene rings is 1. The fraction of sp³-hybridized carbons (Fsp3) is 0.462. The van der Waals surface area contributed by atoms with Crippen molar-refractivity contribution in [3.63, 3.8) is 0 Å². The van der Waals surface area contributed by atoms with E-state index in [9.17, 15) is 4.79 Å². The van der Waals surface area contributed by atoms with Crippen molar-refractivity contribution in [3.05, 3.63) is 35.4 Å². The van der Waals surface area contributed by atoms with Gasteiger partial charge in [-0.25, -0.2) is 4.79 Å². The number of urea groups is 1. The van der Waals surface area contributed by atoms with Gasteiger partial charge in [-0.1, -0.05) is 29.8 Å². The van der Waals surface area contributed by atoms with E-state index in [0.29, 0.717) is 13.1 Å². The first-order valence-electron chi connectivity index (χ1n) is 5.95. The van der Waals surface area contributed by atoms with Gasteiger partial charge in [-0.2, -0.15) is 0 Å². The first-order chi connectivity index (χ1) is 8.11. The van der Waals surface area contributed by atoms with Crippen LogP contribution in [0.25, 0.3) is 0 Å². The van der Waals surface area contributed by atoms with Crippen molar-refractivity contribution in [2.24, 2.45) is 5.73 Å². The summed E-state index contributed by atoms with van der Waals surface area (Å²) in [5.74, 6) is 0. The van der Waals surface area contributed by atoms with Crippen LogP contribution in [0.1, 0.15) is 24.1 Å². The van der Waals surface area contributed by atoms with Crippen molar-refractivity contribution >= 4 is 6.03 Å². The van der Waals surface area contributed by atoms with E-state index in [0.717, 1.165) is 5.56 Å². The number of carbonyl (C=O) groups excluding carboxylic acids is 1. The predicted molar refractivity (Wildman–Crippen MR) is 67.7 cm³/mol. The van der Waals surface area contributed by atoms with Gasteiger partial charge in [-0.05, 0) is 19.4 Å². The molecule has 0 aliphatic carbocycles. The number of nitrogens with two attached hydrogens (primary N) is 1. The van der Waals surface area contributed by atoms with Gasteiger partial charge in [0, 0.05) is 19.1 Å². The molecule has 1 aromatic rings. The zero-order valence-electron chi connectivity index (χ0n) is 10.3. The minimum Gasteiger partial charge on any atom is -0.329 e. The maximum Gasteiger partial charge on any atom is 0.318 e. The Balaban J connectivity index is 2.11. The van der Waals surface area contributed by atoms with E-state index in [-0.39, 0.29) is 18.1 Å². The van der Waals surface area contributed by atoms with Gasteiger partial charge < -0.3 is 16.0 Å². The summed E-state index contributed by atoms with van der Waals surface area (Å²) in [6.07, 6.45) is 0. The minimum atomic E-state index is -0.0199. The largest absolute Gasteiger partial charge is 0.329 e. The van der Waals surface area contributed by atoms with Crippen LogP contribution < -0.4 is 11.1 Å². The van der Waals surface area contributed by atoms with Crippen molar-refractivity contribution in [2.75, 3.05) is 13.1 Å². The third-order valence-corrected chi connectivity index (χ3v) is 3.29. The molecule has 2 rings (SSSR count). The third-order valence-electron chi connectivity index (χ3n) is 3.29. The molecule has 1 fully saturated rings. The third kappa shape index (κ3) is 2.42. The normalized spacial score (nSPS) is 21.5. The monoisotopic (exact) mass is 233 g/mol. The Morgan fingerprint density at radius 1 is 1.47 bits per heavy atom. The first-order valence-corrected chi connectivity index (χ1v) is 5.95. The van der Waals surface area contributed by atoms with E-state index < -0.39 is 0 Å². The number of aryl methyl sites for hydroxylation is 1. The average Bonchev–Trinajstić information content (AvgIpc) is 2.71. The van der Waals surface area contributed by atoms with Crippen molar-refractivity contribution in [1.82, 2.24) is 10.2 Å². The summed E-state index contributed by atoms with van der Waals surface area (Å²) in [4.78, 5) is 13.6. The van der Waals surface area contributed by atoms with Gasteiger partial charge in [0.05, 0.1) is 6.04 Å². The van der Waals surface area contributed by atoms with Gasteiger partial charge in [0.15, 0.2) is 0 Å². The van der Waals surface area contributed by atoms with Gasteiger partial charge in [0.2, 0.25) is 0 Å². The van der Waals surface area contributed by atoms with Crippen molar-refractivity contribution in [1.29, 1.82) is 0 Å². The van der Waals surface area contributed by atoms with E-state index in [4.69, 9.17) is 5.73 Å². The molecule has 4 heteroatoms. The van der Waals surface area contributed by atoms with E-state index in [2.05, 4.69) is 36.5 Å². The predicted octanol–water partition coefficient (Wildman–Crippen LogP) is 1.41. The Labute approximate surface area is 102 Å². The zero-order chi connectivity index (χ0) is 12.4. The molecule has 3 N–H and O–H groups in total. The number of hydrogen-bond donors (Lipinski definition) is 2. The van der Waals surface area contributed by atoms with Crippen LogP contribution in [0.3, 0.4) is 0 Å². The van der Waals surface area contributed by atoms with Crippen LogP contribution in [0.5, 0.6) is 0 Å². The summed E-state index contributed by atoms with van der Waals surface area (Å²) in [6, 6.07) is 8.41. The van der Waals surface area contributed by atoms with E-state index in [1.165, 1.54) is 5.56 Å². The summed E-state index contributed by atoms with van der Waals surface area (Å²) in [6.45, 7) is 5.21. The lowest BCUT2D eigenvalue weighted by atomic mass is 10.1. The molecule has 1 aromatic carbocycles. The average molecular weight is 233 g/mol. The molecule has 1 aliphatic rings. The lowest BCUT2D eigenvalue weighted by Crippen LogP contribution is -2.40. The van der Waals surface area contributed by atoms with Crippen molar-refractivity contribution < 1.29 is 4.79 Å². The zero-order valence-corrected chi connectivity index (χ0v) is 10.3. The molecular formula is C13H19N3O. The highest BCUT2D eigenvalue weighted by Gasteiger charge is 2.31. The highest BCUT2D eigenvalue weighted by molar-refractivity contribution is 5.77. The number of nitrogens with one attached hydrogen (secondary N) is 1. The second-order valence-corrected chi connectivity index (χ2v) is 4.65. The van der Waals surface area contributed by atoms with Crippen LogP contribution in [0.2, 0.25) is 0 Å². The molecule has 1 heterocycles. The van der Waals surface area contributed by atoms with Gasteiger partial charge in [0.25, 0.3) is 0 Å². The van der Waals surface area contributed by atoms with Crippen LogP contribution in [0.15, 0.2) is 24.3 Å². The molecule has 0 saturated carbocycles. The van der Waals surface area contributed by atoms with Crippen LogP contribution in [0, 0.1) is 6.92 Å². The smallest absolute Gasteiger partial charge is 0.318 e. The second kappa shape index (κ2) is 4.75. The molecule has 92 valence electrons. The Morgan fingerprint density at radius 3 is 2.71 bits per heavy atom. The van der Waals surface area contributed by atoms with Gasteiger partial charge in [0.1, 0.15) is 0 Å². The first kappa shape index (κ1) is 11.9.